The highest BCUT2D eigenvalue weighted by Gasteiger charge is 2.42. The van der Waals surface area contributed by atoms with E-state index in [1.165, 1.54) is 0 Å². The average molecular weight is 354 g/mol. The molecule has 0 spiro atoms. The molecule has 1 aliphatic rings. The van der Waals surface area contributed by atoms with Gasteiger partial charge in [0.2, 0.25) is 0 Å². The van der Waals surface area contributed by atoms with E-state index in [9.17, 15) is 4.79 Å². The summed E-state index contributed by atoms with van der Waals surface area (Å²) in [5, 5.41) is 6.38. The molecule has 6 heteroatoms. The summed E-state index contributed by atoms with van der Waals surface area (Å²) >= 11 is 0. The second-order valence-corrected chi connectivity index (χ2v) is 6.88. The van der Waals surface area contributed by atoms with E-state index in [4.69, 9.17) is 4.74 Å². The summed E-state index contributed by atoms with van der Waals surface area (Å²) in [6, 6.07) is 9.40. The fourth-order valence-electron chi connectivity index (χ4n) is 3.15. The standard InChI is InChI=1S/C20H26N4O2/c1-14-7-8-17(13-22-14)26-20(9-11-21-12-10-20)19(25)24-16(3)18-6-4-5-15(2)23-18/h4-8,13,16,21H,9-12H2,1-3H3,(H,24,25)/t16-/m0/s1. The number of hydrogen-bond donors (Lipinski definition) is 2. The summed E-state index contributed by atoms with van der Waals surface area (Å²) in [6.45, 7) is 7.29. The molecule has 3 rings (SSSR count). The van der Waals surface area contributed by atoms with Crippen LogP contribution < -0.4 is 15.4 Å². The summed E-state index contributed by atoms with van der Waals surface area (Å²) in [6.07, 6.45) is 2.90. The van der Waals surface area contributed by atoms with Crippen LogP contribution in [0, 0.1) is 13.8 Å². The third-order valence-electron chi connectivity index (χ3n) is 4.72. The summed E-state index contributed by atoms with van der Waals surface area (Å²) in [5.41, 5.74) is 1.81. The van der Waals surface area contributed by atoms with Crippen LogP contribution >= 0.6 is 0 Å². The highest BCUT2D eigenvalue weighted by atomic mass is 16.5. The Morgan fingerprint density at radius 1 is 1.19 bits per heavy atom. The van der Waals surface area contributed by atoms with Crippen molar-refractivity contribution in [1.82, 2.24) is 20.6 Å². The fraction of sp³-hybridized carbons (Fsp3) is 0.450. The number of pyridine rings is 2. The lowest BCUT2D eigenvalue weighted by Gasteiger charge is -2.37. The van der Waals surface area contributed by atoms with Crippen LogP contribution in [-0.2, 0) is 4.79 Å². The van der Waals surface area contributed by atoms with Crippen molar-refractivity contribution in [3.63, 3.8) is 0 Å². The van der Waals surface area contributed by atoms with Gasteiger partial charge in [-0.05, 0) is 58.1 Å². The topological polar surface area (TPSA) is 76.1 Å². The molecule has 1 fully saturated rings. The lowest BCUT2D eigenvalue weighted by Crippen LogP contribution is -2.57. The fourth-order valence-corrected chi connectivity index (χ4v) is 3.15. The van der Waals surface area contributed by atoms with E-state index in [0.29, 0.717) is 18.6 Å². The number of carbonyl (C=O) groups is 1. The maximum Gasteiger partial charge on any atom is 0.264 e. The molecule has 1 aliphatic heterocycles. The molecule has 1 amide bonds. The van der Waals surface area contributed by atoms with Gasteiger partial charge in [-0.2, -0.15) is 0 Å². The zero-order valence-corrected chi connectivity index (χ0v) is 15.6. The number of hydrogen-bond acceptors (Lipinski definition) is 5. The molecule has 2 N–H and O–H groups in total. The second kappa shape index (κ2) is 7.83. The normalized spacial score (nSPS) is 17.3. The van der Waals surface area contributed by atoms with Gasteiger partial charge in [0.1, 0.15) is 5.75 Å². The van der Waals surface area contributed by atoms with Gasteiger partial charge >= 0.3 is 0 Å². The number of piperidine rings is 1. The van der Waals surface area contributed by atoms with Gasteiger partial charge in [0.05, 0.1) is 17.9 Å². The molecule has 0 aromatic carbocycles. The molecular weight excluding hydrogens is 328 g/mol. The first kappa shape index (κ1) is 18.3. The Balaban J connectivity index is 1.78. The highest BCUT2D eigenvalue weighted by molar-refractivity contribution is 5.86. The first-order valence-electron chi connectivity index (χ1n) is 9.05. The quantitative estimate of drug-likeness (QED) is 0.863. The Hall–Kier alpha value is -2.47. The van der Waals surface area contributed by atoms with Gasteiger partial charge in [-0.25, -0.2) is 0 Å². The monoisotopic (exact) mass is 354 g/mol. The Labute approximate surface area is 154 Å². The highest BCUT2D eigenvalue weighted by Crippen LogP contribution is 2.27. The molecule has 3 heterocycles. The molecule has 0 unspecified atom stereocenters. The van der Waals surface area contributed by atoms with E-state index in [1.54, 1.807) is 6.20 Å². The van der Waals surface area contributed by atoms with Gasteiger partial charge in [0.25, 0.3) is 5.91 Å². The number of rotatable bonds is 5. The maximum absolute atomic E-state index is 13.1. The van der Waals surface area contributed by atoms with Crippen molar-refractivity contribution >= 4 is 5.91 Å². The van der Waals surface area contributed by atoms with E-state index in [0.717, 1.165) is 30.2 Å². The van der Waals surface area contributed by atoms with E-state index in [1.807, 2.05) is 51.1 Å². The minimum absolute atomic E-state index is 0.101. The Kier molecular flexibility index (Phi) is 5.52. The van der Waals surface area contributed by atoms with Gasteiger partial charge in [0.15, 0.2) is 5.60 Å². The van der Waals surface area contributed by atoms with Crippen LogP contribution in [0.25, 0.3) is 0 Å². The summed E-state index contributed by atoms with van der Waals surface area (Å²) < 4.78 is 6.19. The Bertz CT molecular complexity index is 755. The predicted molar refractivity (Wildman–Crippen MR) is 100.0 cm³/mol. The van der Waals surface area contributed by atoms with Crippen molar-refractivity contribution in [1.29, 1.82) is 0 Å². The predicted octanol–water partition coefficient (Wildman–Crippen LogP) is 2.47. The zero-order chi connectivity index (χ0) is 18.6. The van der Waals surface area contributed by atoms with Crippen LogP contribution in [-0.4, -0.2) is 34.6 Å². The van der Waals surface area contributed by atoms with Crippen LogP contribution in [0.1, 0.15) is 42.9 Å². The van der Waals surface area contributed by atoms with Crippen molar-refractivity contribution in [2.45, 2.75) is 45.3 Å². The number of aromatic nitrogens is 2. The van der Waals surface area contributed by atoms with Gasteiger partial charge in [0, 0.05) is 24.2 Å². The molecule has 2 aromatic heterocycles. The van der Waals surface area contributed by atoms with Gasteiger partial charge in [-0.3, -0.25) is 14.8 Å². The first-order valence-corrected chi connectivity index (χ1v) is 9.05. The zero-order valence-electron chi connectivity index (χ0n) is 15.6. The van der Waals surface area contributed by atoms with Crippen LogP contribution in [0.5, 0.6) is 5.75 Å². The second-order valence-electron chi connectivity index (χ2n) is 6.88. The molecule has 0 bridgehead atoms. The maximum atomic E-state index is 13.1. The van der Waals surface area contributed by atoms with Crippen LogP contribution in [0.3, 0.4) is 0 Å². The van der Waals surface area contributed by atoms with Crippen molar-refractivity contribution in [2.24, 2.45) is 0 Å². The number of nitrogens with one attached hydrogen (secondary N) is 2. The van der Waals surface area contributed by atoms with Gasteiger partial charge in [-0.15, -0.1) is 0 Å². The molecule has 6 nitrogen and oxygen atoms in total. The van der Waals surface area contributed by atoms with E-state index in [-0.39, 0.29) is 11.9 Å². The van der Waals surface area contributed by atoms with Gasteiger partial charge < -0.3 is 15.4 Å². The van der Waals surface area contributed by atoms with Crippen LogP contribution in [0.2, 0.25) is 0 Å². The summed E-state index contributed by atoms with van der Waals surface area (Å²) in [7, 11) is 0. The molecule has 26 heavy (non-hydrogen) atoms. The van der Waals surface area contributed by atoms with Crippen molar-refractivity contribution in [2.75, 3.05) is 13.1 Å². The minimum Gasteiger partial charge on any atom is -0.476 e. The lowest BCUT2D eigenvalue weighted by molar-refractivity contribution is -0.140. The number of nitrogens with zero attached hydrogens (tertiary/aromatic N) is 2. The van der Waals surface area contributed by atoms with Crippen molar-refractivity contribution in [3.05, 3.63) is 53.6 Å². The lowest BCUT2D eigenvalue weighted by atomic mass is 9.90. The average Bonchev–Trinajstić information content (AvgIpc) is 2.64. The van der Waals surface area contributed by atoms with Crippen molar-refractivity contribution in [3.8, 4) is 5.75 Å². The van der Waals surface area contributed by atoms with E-state index in [2.05, 4.69) is 20.6 Å². The molecule has 0 saturated carbocycles. The minimum atomic E-state index is -0.889. The molecule has 2 aromatic rings. The molecule has 0 aliphatic carbocycles. The summed E-state index contributed by atoms with van der Waals surface area (Å²) in [5.74, 6) is 0.518. The van der Waals surface area contributed by atoms with E-state index >= 15 is 0 Å². The SMILES string of the molecule is Cc1ccc(OC2(C(=O)N[C@@H](C)c3cccc(C)n3)CCNCC2)cn1. The van der Waals surface area contributed by atoms with Gasteiger partial charge in [-0.1, -0.05) is 6.07 Å². The molecule has 1 saturated heterocycles. The Morgan fingerprint density at radius 3 is 2.62 bits per heavy atom. The number of aryl methyl sites for hydroxylation is 2. The molecule has 138 valence electrons. The summed E-state index contributed by atoms with van der Waals surface area (Å²) in [4.78, 5) is 21.9. The number of amides is 1. The smallest absolute Gasteiger partial charge is 0.264 e. The number of ether oxygens (including phenoxy) is 1. The largest absolute Gasteiger partial charge is 0.476 e. The van der Waals surface area contributed by atoms with Crippen LogP contribution in [0.4, 0.5) is 0 Å². The number of carbonyl (C=O) groups excluding carboxylic acids is 1. The van der Waals surface area contributed by atoms with Crippen molar-refractivity contribution < 1.29 is 9.53 Å². The molecule has 1 atom stereocenters. The first-order chi connectivity index (χ1) is 12.5. The third-order valence-corrected chi connectivity index (χ3v) is 4.72. The third kappa shape index (κ3) is 4.19. The molecule has 0 radical (unpaired) electrons. The molecular formula is C20H26N4O2. The van der Waals surface area contributed by atoms with Crippen LogP contribution in [0.15, 0.2) is 36.5 Å². The Morgan fingerprint density at radius 2 is 1.96 bits per heavy atom. The van der Waals surface area contributed by atoms with E-state index < -0.39 is 5.60 Å².